The number of hydrogen-bond donors (Lipinski definition) is 0. The van der Waals surface area contributed by atoms with Crippen molar-refractivity contribution in [3.05, 3.63) is 42.3 Å². The van der Waals surface area contributed by atoms with Gasteiger partial charge in [0.05, 0.1) is 5.69 Å². The first kappa shape index (κ1) is 7.70. The Kier molecular flexibility index (Phi) is 1.61. The molecule has 0 aliphatic heterocycles. The lowest BCUT2D eigenvalue weighted by atomic mass is 10.2. The maximum absolute atomic E-state index is 4.09. The van der Waals surface area contributed by atoms with Crippen LogP contribution in [-0.4, -0.2) is 14.8 Å². The average Bonchev–Trinajstić information content (AvgIpc) is 2.88. The Bertz CT molecular complexity index is 554. The normalized spacial score (nSPS) is 10.9. The third kappa shape index (κ3) is 1.12. The van der Waals surface area contributed by atoms with Crippen LogP contribution in [-0.2, 0) is 0 Å². The summed E-state index contributed by atoms with van der Waals surface area (Å²) in [6.07, 6.45) is 3.24. The number of aromatic nitrogens is 3. The maximum Gasteiger partial charge on any atom is 0.138 e. The SMILES string of the molecule is c1ncn(-c2ccc3sccc3c2)n1. The van der Waals surface area contributed by atoms with Crippen molar-refractivity contribution in [2.45, 2.75) is 0 Å². The van der Waals surface area contributed by atoms with Gasteiger partial charge in [0.25, 0.3) is 0 Å². The van der Waals surface area contributed by atoms with Crippen LogP contribution in [0.3, 0.4) is 0 Å². The predicted molar refractivity (Wildman–Crippen MR) is 56.7 cm³/mol. The van der Waals surface area contributed by atoms with Gasteiger partial charge in [-0.3, -0.25) is 0 Å². The highest BCUT2D eigenvalue weighted by Gasteiger charge is 1.99. The fourth-order valence-corrected chi connectivity index (χ4v) is 2.21. The number of fused-ring (bicyclic) bond motifs is 1. The summed E-state index contributed by atoms with van der Waals surface area (Å²) in [6, 6.07) is 8.38. The van der Waals surface area contributed by atoms with E-state index in [0.717, 1.165) is 5.69 Å². The van der Waals surface area contributed by atoms with Crippen LogP contribution in [0, 0.1) is 0 Å². The van der Waals surface area contributed by atoms with Gasteiger partial charge in [0.1, 0.15) is 12.7 Å². The minimum absolute atomic E-state index is 1.05. The van der Waals surface area contributed by atoms with Crippen molar-refractivity contribution in [3.8, 4) is 5.69 Å². The average molecular weight is 201 g/mol. The molecule has 1 aromatic carbocycles. The fourth-order valence-electron chi connectivity index (χ4n) is 1.44. The van der Waals surface area contributed by atoms with E-state index in [4.69, 9.17) is 0 Å². The predicted octanol–water partition coefficient (Wildman–Crippen LogP) is 2.48. The van der Waals surface area contributed by atoms with E-state index in [1.165, 1.54) is 16.4 Å². The minimum Gasteiger partial charge on any atom is -0.223 e. The Hall–Kier alpha value is -1.68. The summed E-state index contributed by atoms with van der Waals surface area (Å²) in [7, 11) is 0. The fraction of sp³-hybridized carbons (Fsp3) is 0. The highest BCUT2D eigenvalue weighted by atomic mass is 32.1. The zero-order valence-electron chi connectivity index (χ0n) is 7.29. The number of hydrogen-bond acceptors (Lipinski definition) is 3. The Morgan fingerprint density at radius 1 is 1.21 bits per heavy atom. The first-order valence-electron chi connectivity index (χ1n) is 4.26. The van der Waals surface area contributed by atoms with E-state index in [1.54, 1.807) is 22.3 Å². The molecule has 3 nitrogen and oxygen atoms in total. The molecule has 0 saturated heterocycles. The van der Waals surface area contributed by atoms with Gasteiger partial charge in [-0.2, -0.15) is 5.10 Å². The van der Waals surface area contributed by atoms with E-state index in [1.807, 2.05) is 6.07 Å². The molecule has 0 aliphatic carbocycles. The Morgan fingerprint density at radius 2 is 2.21 bits per heavy atom. The van der Waals surface area contributed by atoms with Crippen molar-refractivity contribution in [2.75, 3.05) is 0 Å². The highest BCUT2D eigenvalue weighted by molar-refractivity contribution is 7.17. The molecule has 0 aliphatic rings. The summed E-state index contributed by atoms with van der Waals surface area (Å²) < 4.78 is 3.06. The van der Waals surface area contributed by atoms with E-state index in [2.05, 4.69) is 33.7 Å². The second-order valence-electron chi connectivity index (χ2n) is 2.98. The van der Waals surface area contributed by atoms with E-state index in [-0.39, 0.29) is 0 Å². The van der Waals surface area contributed by atoms with Crippen molar-refractivity contribution in [1.82, 2.24) is 14.8 Å². The van der Waals surface area contributed by atoms with Crippen LogP contribution < -0.4 is 0 Å². The van der Waals surface area contributed by atoms with Crippen LogP contribution in [0.15, 0.2) is 42.3 Å². The third-order valence-electron chi connectivity index (χ3n) is 2.12. The molecular weight excluding hydrogens is 194 g/mol. The molecule has 2 aromatic heterocycles. The summed E-state index contributed by atoms with van der Waals surface area (Å²) >= 11 is 1.75. The molecule has 2 heterocycles. The first-order chi connectivity index (χ1) is 6.93. The van der Waals surface area contributed by atoms with Gasteiger partial charge < -0.3 is 0 Å². The van der Waals surface area contributed by atoms with Gasteiger partial charge in [-0.25, -0.2) is 9.67 Å². The number of thiophene rings is 1. The number of benzene rings is 1. The molecule has 0 radical (unpaired) electrons. The molecule has 0 spiro atoms. The lowest BCUT2D eigenvalue weighted by molar-refractivity contribution is 0.880. The van der Waals surface area contributed by atoms with Gasteiger partial charge in [-0.15, -0.1) is 11.3 Å². The van der Waals surface area contributed by atoms with Crippen molar-refractivity contribution >= 4 is 21.4 Å². The third-order valence-corrected chi connectivity index (χ3v) is 3.02. The zero-order valence-corrected chi connectivity index (χ0v) is 8.11. The molecule has 14 heavy (non-hydrogen) atoms. The van der Waals surface area contributed by atoms with E-state index >= 15 is 0 Å². The van der Waals surface area contributed by atoms with Crippen LogP contribution in [0.1, 0.15) is 0 Å². The van der Waals surface area contributed by atoms with E-state index in [9.17, 15) is 0 Å². The summed E-state index contributed by atoms with van der Waals surface area (Å²) in [5.74, 6) is 0. The van der Waals surface area contributed by atoms with Gasteiger partial charge in [0, 0.05) is 4.70 Å². The molecule has 0 unspecified atom stereocenters. The minimum atomic E-state index is 1.05. The largest absolute Gasteiger partial charge is 0.223 e. The molecule has 0 atom stereocenters. The highest BCUT2D eigenvalue weighted by Crippen LogP contribution is 2.22. The topological polar surface area (TPSA) is 30.7 Å². The van der Waals surface area contributed by atoms with E-state index < -0.39 is 0 Å². The molecule has 4 heteroatoms. The smallest absolute Gasteiger partial charge is 0.138 e. The van der Waals surface area contributed by atoms with Gasteiger partial charge in [0.2, 0.25) is 0 Å². The summed E-state index contributed by atoms with van der Waals surface area (Å²) in [5.41, 5.74) is 1.05. The van der Waals surface area contributed by atoms with Gasteiger partial charge >= 0.3 is 0 Å². The van der Waals surface area contributed by atoms with Crippen molar-refractivity contribution < 1.29 is 0 Å². The lowest BCUT2D eigenvalue weighted by Crippen LogP contribution is -1.92. The van der Waals surface area contributed by atoms with Crippen molar-refractivity contribution in [1.29, 1.82) is 0 Å². The Balaban J connectivity index is 2.23. The number of nitrogens with zero attached hydrogens (tertiary/aromatic N) is 3. The molecular formula is C10H7N3S. The molecule has 0 N–H and O–H groups in total. The monoisotopic (exact) mass is 201 g/mol. The molecule has 3 aromatic rings. The Labute approximate surface area is 84.6 Å². The van der Waals surface area contributed by atoms with Crippen LogP contribution in [0.2, 0.25) is 0 Å². The zero-order chi connectivity index (χ0) is 9.38. The van der Waals surface area contributed by atoms with Crippen LogP contribution in [0.25, 0.3) is 15.8 Å². The summed E-state index contributed by atoms with van der Waals surface area (Å²) in [4.78, 5) is 3.92. The first-order valence-corrected chi connectivity index (χ1v) is 5.14. The summed E-state index contributed by atoms with van der Waals surface area (Å²) in [6.45, 7) is 0. The molecule has 3 rings (SSSR count). The quantitative estimate of drug-likeness (QED) is 0.605. The molecule has 68 valence electrons. The van der Waals surface area contributed by atoms with Crippen molar-refractivity contribution in [2.24, 2.45) is 0 Å². The van der Waals surface area contributed by atoms with Gasteiger partial charge in [0.15, 0.2) is 0 Å². The molecule has 0 saturated carbocycles. The standard InChI is InChI=1S/C10H7N3S/c1-2-10-8(3-4-14-10)5-9(1)13-7-11-6-12-13/h1-7H. The van der Waals surface area contributed by atoms with E-state index in [0.29, 0.717) is 0 Å². The second-order valence-corrected chi connectivity index (χ2v) is 3.93. The molecule has 0 bridgehead atoms. The van der Waals surface area contributed by atoms with Crippen LogP contribution >= 0.6 is 11.3 Å². The summed E-state index contributed by atoms with van der Waals surface area (Å²) in [5, 5.41) is 7.43. The van der Waals surface area contributed by atoms with Crippen LogP contribution in [0.5, 0.6) is 0 Å². The molecule has 0 amide bonds. The van der Waals surface area contributed by atoms with Crippen molar-refractivity contribution in [3.63, 3.8) is 0 Å². The Morgan fingerprint density at radius 3 is 3.07 bits per heavy atom. The van der Waals surface area contributed by atoms with Gasteiger partial charge in [-0.1, -0.05) is 0 Å². The van der Waals surface area contributed by atoms with Gasteiger partial charge in [-0.05, 0) is 35.0 Å². The number of rotatable bonds is 1. The molecule has 0 fully saturated rings. The maximum atomic E-state index is 4.09. The van der Waals surface area contributed by atoms with Crippen LogP contribution in [0.4, 0.5) is 0 Å². The second kappa shape index (κ2) is 2.92. The lowest BCUT2D eigenvalue weighted by Gasteiger charge is -1.99.